The average Bonchev–Trinajstić information content (AvgIpc) is 2.73. The summed E-state index contributed by atoms with van der Waals surface area (Å²) in [5.41, 5.74) is 3.35. The number of unbranched alkanes of at least 4 members (excludes halogenated alkanes) is 1. The largest absolute Gasteiger partial charge is 0.491 e. The number of aryl methyl sites for hydroxylation is 3. The summed E-state index contributed by atoms with van der Waals surface area (Å²) in [5, 5.41) is 0. The first-order valence-electron chi connectivity index (χ1n) is 9.94. The minimum absolute atomic E-state index is 0.270. The van der Waals surface area contributed by atoms with Crippen molar-refractivity contribution in [3.8, 4) is 16.9 Å². The van der Waals surface area contributed by atoms with Crippen molar-refractivity contribution in [2.45, 2.75) is 39.5 Å². The number of halogens is 3. The van der Waals surface area contributed by atoms with E-state index in [9.17, 15) is 13.2 Å². The molecule has 0 bridgehead atoms. The molecule has 3 aromatic rings. The fourth-order valence-electron chi connectivity index (χ4n) is 3.15. The second-order valence-electron chi connectivity index (χ2n) is 7.21. The Kier molecular flexibility index (Phi) is 6.97. The fourth-order valence-corrected chi connectivity index (χ4v) is 3.15. The smallest absolute Gasteiger partial charge is 0.165 e. The summed E-state index contributed by atoms with van der Waals surface area (Å²) in [7, 11) is 0. The molecule has 0 spiro atoms. The lowest BCUT2D eigenvalue weighted by Crippen LogP contribution is -1.99. The van der Waals surface area contributed by atoms with Crippen LogP contribution in [0, 0.1) is 24.4 Å². The van der Waals surface area contributed by atoms with Crippen molar-refractivity contribution < 1.29 is 17.9 Å². The molecule has 0 atom stereocenters. The maximum atomic E-state index is 14.3. The molecule has 3 aromatic carbocycles. The monoisotopic (exact) mass is 398 g/mol. The number of ether oxygens (including phenoxy) is 1. The topological polar surface area (TPSA) is 9.23 Å². The predicted octanol–water partition coefficient (Wildman–Crippen LogP) is 7.04. The molecule has 0 aromatic heterocycles. The zero-order chi connectivity index (χ0) is 20.8. The van der Waals surface area contributed by atoms with E-state index >= 15 is 0 Å². The zero-order valence-corrected chi connectivity index (χ0v) is 16.8. The molecule has 29 heavy (non-hydrogen) atoms. The van der Waals surface area contributed by atoms with Crippen LogP contribution in [0.25, 0.3) is 11.1 Å². The van der Waals surface area contributed by atoms with Gasteiger partial charge in [-0.2, -0.15) is 0 Å². The van der Waals surface area contributed by atoms with Crippen molar-refractivity contribution in [3.63, 3.8) is 0 Å². The van der Waals surface area contributed by atoms with E-state index in [-0.39, 0.29) is 11.6 Å². The standard InChI is InChI=1S/C25H25F3O/c1-3-4-15-29-23-14-13-21(16-22(23)26)19-10-6-18(7-11-19)8-12-20-9-5-17(2)24(27)25(20)28/h5-7,9-11,13-14,16H,3-4,8,12,15H2,1-2H3. The zero-order valence-electron chi connectivity index (χ0n) is 16.8. The van der Waals surface area contributed by atoms with E-state index in [0.717, 1.165) is 29.5 Å². The van der Waals surface area contributed by atoms with Crippen LogP contribution in [-0.2, 0) is 12.8 Å². The Bertz CT molecular complexity index is 965. The molecule has 0 N–H and O–H groups in total. The van der Waals surface area contributed by atoms with E-state index in [1.54, 1.807) is 25.1 Å². The molecule has 0 fully saturated rings. The lowest BCUT2D eigenvalue weighted by molar-refractivity contribution is 0.294. The third kappa shape index (κ3) is 5.20. The van der Waals surface area contributed by atoms with Gasteiger partial charge < -0.3 is 4.74 Å². The highest BCUT2D eigenvalue weighted by Crippen LogP contribution is 2.26. The second kappa shape index (κ2) is 9.64. The van der Waals surface area contributed by atoms with Crippen LogP contribution in [0.4, 0.5) is 13.2 Å². The summed E-state index contributed by atoms with van der Waals surface area (Å²) in [5.74, 6) is -1.65. The highest BCUT2D eigenvalue weighted by atomic mass is 19.2. The van der Waals surface area contributed by atoms with Gasteiger partial charge >= 0.3 is 0 Å². The van der Waals surface area contributed by atoms with Crippen LogP contribution in [0.2, 0.25) is 0 Å². The van der Waals surface area contributed by atoms with Crippen LogP contribution in [0.15, 0.2) is 54.6 Å². The van der Waals surface area contributed by atoms with Gasteiger partial charge in [-0.3, -0.25) is 0 Å². The first-order chi connectivity index (χ1) is 14.0. The molecule has 0 unspecified atom stereocenters. The molecule has 3 rings (SSSR count). The Balaban J connectivity index is 1.66. The maximum Gasteiger partial charge on any atom is 0.165 e. The summed E-state index contributed by atoms with van der Waals surface area (Å²) < 4.78 is 47.4. The number of hydrogen-bond donors (Lipinski definition) is 0. The maximum absolute atomic E-state index is 14.3. The SMILES string of the molecule is CCCCOc1ccc(-c2ccc(CCc3ccc(C)c(F)c3F)cc2)cc1F. The van der Waals surface area contributed by atoms with Crippen LogP contribution in [0.3, 0.4) is 0 Å². The summed E-state index contributed by atoms with van der Waals surface area (Å²) in [6.07, 6.45) is 2.90. The minimum atomic E-state index is -0.776. The summed E-state index contributed by atoms with van der Waals surface area (Å²) in [6, 6.07) is 15.9. The van der Waals surface area contributed by atoms with Gasteiger partial charge in [-0.1, -0.05) is 55.8 Å². The van der Waals surface area contributed by atoms with Crippen molar-refractivity contribution in [3.05, 3.63) is 88.7 Å². The highest BCUT2D eigenvalue weighted by molar-refractivity contribution is 5.64. The first kappa shape index (κ1) is 21.0. The van der Waals surface area contributed by atoms with E-state index in [1.807, 2.05) is 30.3 Å². The minimum Gasteiger partial charge on any atom is -0.491 e. The van der Waals surface area contributed by atoms with Crippen molar-refractivity contribution >= 4 is 0 Å². The first-order valence-corrected chi connectivity index (χ1v) is 9.94. The molecule has 152 valence electrons. The molecular weight excluding hydrogens is 373 g/mol. The van der Waals surface area contributed by atoms with Crippen molar-refractivity contribution in [2.24, 2.45) is 0 Å². The Labute approximate surface area is 170 Å². The molecule has 4 heteroatoms. The van der Waals surface area contributed by atoms with E-state index in [4.69, 9.17) is 4.74 Å². The molecule has 0 aliphatic rings. The molecule has 0 saturated heterocycles. The number of rotatable bonds is 8. The lowest BCUT2D eigenvalue weighted by Gasteiger charge is -2.09. The van der Waals surface area contributed by atoms with Gasteiger partial charge in [0, 0.05) is 0 Å². The molecule has 0 amide bonds. The third-order valence-corrected chi connectivity index (χ3v) is 5.01. The van der Waals surface area contributed by atoms with Crippen LogP contribution < -0.4 is 4.74 Å². The fraction of sp³-hybridized carbons (Fsp3) is 0.280. The quantitative estimate of drug-likeness (QED) is 0.370. The van der Waals surface area contributed by atoms with Crippen LogP contribution in [0.1, 0.15) is 36.5 Å². The van der Waals surface area contributed by atoms with Gasteiger partial charge in [0.2, 0.25) is 0 Å². The molecule has 0 aliphatic heterocycles. The van der Waals surface area contributed by atoms with Gasteiger partial charge in [-0.25, -0.2) is 13.2 Å². The normalized spacial score (nSPS) is 10.9. The average molecular weight is 398 g/mol. The van der Waals surface area contributed by atoms with Crippen LogP contribution in [0.5, 0.6) is 5.75 Å². The van der Waals surface area contributed by atoms with Crippen molar-refractivity contribution in [1.29, 1.82) is 0 Å². The van der Waals surface area contributed by atoms with Crippen LogP contribution >= 0.6 is 0 Å². The van der Waals surface area contributed by atoms with Gasteiger partial charge in [0.05, 0.1) is 6.61 Å². The summed E-state index contributed by atoms with van der Waals surface area (Å²) >= 11 is 0. The van der Waals surface area contributed by atoms with Crippen molar-refractivity contribution in [2.75, 3.05) is 6.61 Å². The molecule has 0 aliphatic carbocycles. The Hall–Kier alpha value is -2.75. The molecule has 0 radical (unpaired) electrons. The van der Waals surface area contributed by atoms with E-state index < -0.39 is 11.6 Å². The Morgan fingerprint density at radius 3 is 2.21 bits per heavy atom. The van der Waals surface area contributed by atoms with Gasteiger partial charge in [0.1, 0.15) is 0 Å². The summed E-state index contributed by atoms with van der Waals surface area (Å²) in [6.45, 7) is 4.11. The summed E-state index contributed by atoms with van der Waals surface area (Å²) in [4.78, 5) is 0. The Morgan fingerprint density at radius 1 is 0.793 bits per heavy atom. The third-order valence-electron chi connectivity index (χ3n) is 5.01. The van der Waals surface area contributed by atoms with Gasteiger partial charge in [-0.15, -0.1) is 0 Å². The van der Waals surface area contributed by atoms with E-state index in [0.29, 0.717) is 30.6 Å². The molecule has 1 nitrogen and oxygen atoms in total. The van der Waals surface area contributed by atoms with Crippen molar-refractivity contribution in [1.82, 2.24) is 0 Å². The highest BCUT2D eigenvalue weighted by Gasteiger charge is 2.11. The molecular formula is C25H25F3O. The number of benzene rings is 3. The lowest BCUT2D eigenvalue weighted by atomic mass is 9.99. The molecule has 0 heterocycles. The van der Waals surface area contributed by atoms with Gasteiger partial charge in [0.25, 0.3) is 0 Å². The predicted molar refractivity (Wildman–Crippen MR) is 111 cm³/mol. The van der Waals surface area contributed by atoms with Gasteiger partial charge in [-0.05, 0) is 66.1 Å². The Morgan fingerprint density at radius 2 is 1.52 bits per heavy atom. The number of hydrogen-bond acceptors (Lipinski definition) is 1. The van der Waals surface area contributed by atoms with Crippen LogP contribution in [-0.4, -0.2) is 6.61 Å². The second-order valence-corrected chi connectivity index (χ2v) is 7.21. The molecule has 0 saturated carbocycles. The van der Waals surface area contributed by atoms with Gasteiger partial charge in [0.15, 0.2) is 23.2 Å². The van der Waals surface area contributed by atoms with E-state index in [2.05, 4.69) is 6.92 Å². The van der Waals surface area contributed by atoms with E-state index in [1.165, 1.54) is 6.07 Å².